The fraction of sp³-hybridized carbons (Fsp3) is 0.292. The van der Waals surface area contributed by atoms with Crippen LogP contribution >= 0.6 is 11.8 Å². The normalized spacial score (nSPS) is 17.9. The average molecular weight is 505 g/mol. The van der Waals surface area contributed by atoms with E-state index in [0.29, 0.717) is 17.0 Å². The van der Waals surface area contributed by atoms with Crippen LogP contribution in [-0.2, 0) is 15.7 Å². The molecular formula is C24H23F3N4O3S. The smallest absolute Gasteiger partial charge is 0.416 e. The number of amides is 2. The van der Waals surface area contributed by atoms with E-state index in [4.69, 9.17) is 4.74 Å². The predicted molar refractivity (Wildman–Crippen MR) is 129 cm³/mol. The predicted octanol–water partition coefficient (Wildman–Crippen LogP) is 5.65. The number of anilines is 2. The Balaban J connectivity index is 1.49. The van der Waals surface area contributed by atoms with Crippen molar-refractivity contribution in [1.82, 2.24) is 4.90 Å². The third-order valence-corrected chi connectivity index (χ3v) is 6.69. The maximum atomic E-state index is 12.7. The van der Waals surface area contributed by atoms with Gasteiger partial charge in [-0.2, -0.15) is 13.2 Å². The number of fused-ring (bicyclic) bond motifs is 1. The fourth-order valence-electron chi connectivity index (χ4n) is 3.97. The number of halogens is 3. The van der Waals surface area contributed by atoms with E-state index in [2.05, 4.69) is 20.5 Å². The first kappa shape index (κ1) is 24.6. The maximum absolute atomic E-state index is 12.7. The van der Waals surface area contributed by atoms with Crippen molar-refractivity contribution in [3.05, 3.63) is 70.9 Å². The second kappa shape index (κ2) is 10.0. The molecule has 184 valence electrons. The summed E-state index contributed by atoms with van der Waals surface area (Å²) in [7, 11) is 1.34. The number of hydrogen-bond donors (Lipinski definition) is 2. The molecule has 0 unspecified atom stereocenters. The number of hydrogen-bond acceptors (Lipinski definition) is 6. The monoisotopic (exact) mass is 504 g/mol. The highest BCUT2D eigenvalue weighted by Gasteiger charge is 2.37. The maximum Gasteiger partial charge on any atom is 0.416 e. The van der Waals surface area contributed by atoms with E-state index in [1.54, 1.807) is 30.8 Å². The number of allylic oxidation sites excluding steroid dienone is 1. The van der Waals surface area contributed by atoms with E-state index >= 15 is 0 Å². The lowest BCUT2D eigenvalue weighted by molar-refractivity contribution is -0.138. The van der Waals surface area contributed by atoms with Crippen LogP contribution in [0.4, 0.5) is 29.3 Å². The van der Waals surface area contributed by atoms with Gasteiger partial charge in [0.15, 0.2) is 5.17 Å². The minimum Gasteiger partial charge on any atom is -0.466 e. The minimum atomic E-state index is -4.44. The van der Waals surface area contributed by atoms with E-state index in [1.165, 1.54) is 19.2 Å². The molecule has 2 aliphatic heterocycles. The Labute approximate surface area is 204 Å². The Morgan fingerprint density at radius 1 is 1.06 bits per heavy atom. The molecule has 2 aromatic carbocycles. The highest BCUT2D eigenvalue weighted by molar-refractivity contribution is 8.13. The van der Waals surface area contributed by atoms with Gasteiger partial charge in [-0.25, -0.2) is 14.6 Å². The molecule has 1 fully saturated rings. The van der Waals surface area contributed by atoms with Crippen molar-refractivity contribution in [3.63, 3.8) is 0 Å². The van der Waals surface area contributed by atoms with Crippen LogP contribution in [0.1, 0.15) is 30.5 Å². The van der Waals surface area contributed by atoms with Gasteiger partial charge in [0.25, 0.3) is 0 Å². The van der Waals surface area contributed by atoms with Crippen molar-refractivity contribution in [1.29, 1.82) is 0 Å². The molecular weight excluding hydrogens is 481 g/mol. The Hall–Kier alpha value is -3.47. The Kier molecular flexibility index (Phi) is 7.06. The van der Waals surface area contributed by atoms with Gasteiger partial charge in [-0.05, 0) is 55.3 Å². The highest BCUT2D eigenvalue weighted by Crippen LogP contribution is 2.40. The summed E-state index contributed by atoms with van der Waals surface area (Å²) < 4.78 is 43.1. The first-order valence-electron chi connectivity index (χ1n) is 10.8. The number of carbonyl (C=O) groups is 2. The van der Waals surface area contributed by atoms with Gasteiger partial charge in [0.05, 0.1) is 30.0 Å². The Morgan fingerprint density at radius 2 is 1.66 bits per heavy atom. The molecule has 0 aliphatic carbocycles. The number of benzene rings is 2. The summed E-state index contributed by atoms with van der Waals surface area (Å²) in [6, 6.07) is 10.3. The number of alkyl halides is 3. The van der Waals surface area contributed by atoms with Gasteiger partial charge in [-0.15, -0.1) is 0 Å². The number of amidine groups is 1. The molecule has 2 heterocycles. The number of rotatable bonds is 4. The van der Waals surface area contributed by atoms with Crippen LogP contribution in [0.3, 0.4) is 0 Å². The molecule has 0 spiro atoms. The summed E-state index contributed by atoms with van der Waals surface area (Å²) >= 11 is 1.65. The molecule has 0 aromatic heterocycles. The lowest BCUT2D eigenvalue weighted by Crippen LogP contribution is -2.42. The quantitative estimate of drug-likeness (QED) is 0.526. The van der Waals surface area contributed by atoms with Crippen LogP contribution in [0.2, 0.25) is 0 Å². The minimum absolute atomic E-state index is 0.229. The second-order valence-electron chi connectivity index (χ2n) is 7.96. The molecule has 35 heavy (non-hydrogen) atoms. The summed E-state index contributed by atoms with van der Waals surface area (Å²) in [6.45, 7) is 2.54. The molecule has 11 heteroatoms. The van der Waals surface area contributed by atoms with Crippen LogP contribution in [0.15, 0.2) is 64.8 Å². The second-order valence-corrected chi connectivity index (χ2v) is 9.02. The molecule has 1 saturated heterocycles. The third kappa shape index (κ3) is 5.45. The molecule has 2 aliphatic rings. The zero-order chi connectivity index (χ0) is 25.2. The van der Waals surface area contributed by atoms with E-state index in [9.17, 15) is 22.8 Å². The first-order valence-corrected chi connectivity index (χ1v) is 11.8. The number of aliphatic imine (C=N–C) groups is 1. The van der Waals surface area contributed by atoms with Gasteiger partial charge in [0.2, 0.25) is 0 Å². The standard InChI is InChI=1S/C24H23F3N4O3S/c1-14-19(21(32)34-2)20(31-12-3-13-35-23(31)28-14)15-4-8-17(9-5-15)29-22(33)30-18-10-6-16(7-11-18)24(25,26)27/h4-11,20H,3,12-13H2,1-2H3,(H2,29,30,33)/t20-/m0/s1. The van der Waals surface area contributed by atoms with E-state index < -0.39 is 23.7 Å². The molecule has 2 amide bonds. The largest absolute Gasteiger partial charge is 0.466 e. The molecule has 2 N–H and O–H groups in total. The van der Waals surface area contributed by atoms with E-state index in [-0.39, 0.29) is 11.7 Å². The van der Waals surface area contributed by atoms with Gasteiger partial charge in [0, 0.05) is 23.7 Å². The van der Waals surface area contributed by atoms with Crippen molar-refractivity contribution in [2.45, 2.75) is 25.6 Å². The number of ether oxygens (including phenoxy) is 1. The van der Waals surface area contributed by atoms with E-state index in [1.807, 2.05) is 12.1 Å². The van der Waals surface area contributed by atoms with Crippen LogP contribution in [0.5, 0.6) is 0 Å². The molecule has 7 nitrogen and oxygen atoms in total. The fourth-order valence-corrected chi connectivity index (χ4v) is 4.99. The van der Waals surface area contributed by atoms with Crippen molar-refractivity contribution in [2.24, 2.45) is 4.99 Å². The SMILES string of the molecule is COC(=O)C1=C(C)N=C2SCCCN2[C@H]1c1ccc(NC(=O)Nc2ccc(C(F)(F)F)cc2)cc1. The summed E-state index contributed by atoms with van der Waals surface area (Å²) in [6.07, 6.45) is -3.49. The van der Waals surface area contributed by atoms with Gasteiger partial charge in [-0.1, -0.05) is 23.9 Å². The molecule has 2 aromatic rings. The van der Waals surface area contributed by atoms with Gasteiger partial charge < -0.3 is 20.3 Å². The van der Waals surface area contributed by atoms with Crippen LogP contribution in [-0.4, -0.2) is 41.5 Å². The van der Waals surface area contributed by atoms with Gasteiger partial charge in [-0.3, -0.25) is 0 Å². The zero-order valence-corrected chi connectivity index (χ0v) is 19.8. The summed E-state index contributed by atoms with van der Waals surface area (Å²) in [4.78, 5) is 31.6. The molecule has 1 atom stereocenters. The number of thioether (sulfide) groups is 1. The van der Waals surface area contributed by atoms with Crippen molar-refractivity contribution in [3.8, 4) is 0 Å². The van der Waals surface area contributed by atoms with Gasteiger partial charge in [0.1, 0.15) is 0 Å². The number of carbonyl (C=O) groups excluding carboxylic acids is 2. The lowest BCUT2D eigenvalue weighted by Gasteiger charge is -2.40. The Bertz CT molecular complexity index is 1180. The molecule has 0 radical (unpaired) electrons. The number of nitrogens with zero attached hydrogens (tertiary/aromatic N) is 2. The number of urea groups is 1. The van der Waals surface area contributed by atoms with Crippen LogP contribution in [0.25, 0.3) is 0 Å². The lowest BCUT2D eigenvalue weighted by atomic mass is 9.94. The van der Waals surface area contributed by atoms with Gasteiger partial charge >= 0.3 is 18.2 Å². The molecule has 0 bridgehead atoms. The molecule has 0 saturated carbocycles. The van der Waals surface area contributed by atoms with Crippen LogP contribution < -0.4 is 10.6 Å². The van der Waals surface area contributed by atoms with Crippen molar-refractivity contribution < 1.29 is 27.5 Å². The number of methoxy groups -OCH3 is 1. The third-order valence-electron chi connectivity index (χ3n) is 5.62. The summed E-state index contributed by atoms with van der Waals surface area (Å²) in [5, 5.41) is 6.03. The molecule has 4 rings (SSSR count). The topological polar surface area (TPSA) is 83.0 Å². The van der Waals surface area contributed by atoms with Crippen molar-refractivity contribution in [2.75, 3.05) is 30.0 Å². The number of nitrogens with one attached hydrogen (secondary N) is 2. The first-order chi connectivity index (χ1) is 16.7. The summed E-state index contributed by atoms with van der Waals surface area (Å²) in [5.41, 5.74) is 1.84. The van der Waals surface area contributed by atoms with E-state index in [0.717, 1.165) is 41.6 Å². The van der Waals surface area contributed by atoms with Crippen molar-refractivity contribution >= 4 is 40.3 Å². The average Bonchev–Trinajstić information content (AvgIpc) is 2.83. The summed E-state index contributed by atoms with van der Waals surface area (Å²) in [5.74, 6) is 0.517. The Morgan fingerprint density at radius 3 is 2.23 bits per heavy atom. The number of esters is 1. The zero-order valence-electron chi connectivity index (χ0n) is 19.0. The van der Waals surface area contributed by atoms with Crippen LogP contribution in [0, 0.1) is 0 Å². The highest BCUT2D eigenvalue weighted by atomic mass is 32.2.